The molecule has 1 atom stereocenters. The predicted molar refractivity (Wildman–Crippen MR) is 57.6 cm³/mol. The van der Waals surface area contributed by atoms with Crippen LogP contribution in [-0.4, -0.2) is 22.5 Å². The van der Waals surface area contributed by atoms with Crippen molar-refractivity contribution in [1.29, 1.82) is 0 Å². The second kappa shape index (κ2) is 4.51. The number of oxime groups is 1. The van der Waals surface area contributed by atoms with E-state index in [1.165, 1.54) is 0 Å². The van der Waals surface area contributed by atoms with Gasteiger partial charge in [-0.05, 0) is 32.1 Å². The van der Waals surface area contributed by atoms with E-state index < -0.39 is 5.54 Å². The largest absolute Gasteiger partial charge is 0.409 e. The molecule has 0 aromatic heterocycles. The smallest absolute Gasteiger partial charge is 0.221 e. The number of hydrogen-bond acceptors (Lipinski definition) is 3. The number of carbonyl (C=O) groups is 1. The molecule has 0 saturated heterocycles. The fourth-order valence-electron chi connectivity index (χ4n) is 1.39. The van der Waals surface area contributed by atoms with Crippen molar-refractivity contribution < 1.29 is 10.0 Å². The van der Waals surface area contributed by atoms with Gasteiger partial charge >= 0.3 is 0 Å². The first-order valence-corrected chi connectivity index (χ1v) is 5.31. The maximum Gasteiger partial charge on any atom is 0.221 e. The van der Waals surface area contributed by atoms with Crippen molar-refractivity contribution >= 4 is 11.7 Å². The number of nitrogens with two attached hydrogens (primary N) is 1. The minimum atomic E-state index is -0.735. The van der Waals surface area contributed by atoms with Crippen LogP contribution in [0.1, 0.15) is 39.5 Å². The van der Waals surface area contributed by atoms with Gasteiger partial charge in [-0.25, -0.2) is 0 Å². The van der Waals surface area contributed by atoms with E-state index >= 15 is 0 Å². The van der Waals surface area contributed by atoms with Crippen molar-refractivity contribution in [3.05, 3.63) is 0 Å². The number of carbonyl (C=O) groups excluding carboxylic acids is 1. The number of nitrogens with zero attached hydrogens (tertiary/aromatic N) is 1. The van der Waals surface area contributed by atoms with E-state index in [9.17, 15) is 4.79 Å². The Balaban J connectivity index is 2.53. The van der Waals surface area contributed by atoms with Gasteiger partial charge in [-0.1, -0.05) is 12.1 Å². The topological polar surface area (TPSA) is 87.7 Å². The van der Waals surface area contributed by atoms with Gasteiger partial charge in [0.05, 0.1) is 5.54 Å². The lowest BCUT2D eigenvalue weighted by Crippen LogP contribution is -2.55. The summed E-state index contributed by atoms with van der Waals surface area (Å²) in [5.41, 5.74) is 4.81. The Labute approximate surface area is 89.7 Å². The number of amidine groups is 1. The molecule has 0 aliphatic heterocycles. The van der Waals surface area contributed by atoms with Crippen LogP contribution in [0.15, 0.2) is 5.16 Å². The fraction of sp³-hybridized carbons (Fsp3) is 0.800. The van der Waals surface area contributed by atoms with Gasteiger partial charge in [-0.3, -0.25) is 4.79 Å². The van der Waals surface area contributed by atoms with Gasteiger partial charge in [0.15, 0.2) is 5.84 Å². The van der Waals surface area contributed by atoms with Crippen molar-refractivity contribution in [1.82, 2.24) is 5.32 Å². The zero-order chi connectivity index (χ0) is 11.5. The van der Waals surface area contributed by atoms with Crippen LogP contribution in [0.3, 0.4) is 0 Å². The fourth-order valence-corrected chi connectivity index (χ4v) is 1.39. The molecule has 0 radical (unpaired) electrons. The summed E-state index contributed by atoms with van der Waals surface area (Å²) in [5.74, 6) is 0.570. The van der Waals surface area contributed by atoms with Crippen LogP contribution < -0.4 is 11.1 Å². The summed E-state index contributed by atoms with van der Waals surface area (Å²) in [6.45, 7) is 3.64. The molecule has 0 spiro atoms. The molecule has 1 aliphatic rings. The maximum atomic E-state index is 11.6. The molecule has 1 saturated carbocycles. The van der Waals surface area contributed by atoms with Gasteiger partial charge in [0, 0.05) is 6.42 Å². The average molecular weight is 213 g/mol. The third kappa shape index (κ3) is 3.11. The van der Waals surface area contributed by atoms with Crippen LogP contribution in [0.25, 0.3) is 0 Å². The summed E-state index contributed by atoms with van der Waals surface area (Å²) >= 11 is 0. The van der Waals surface area contributed by atoms with E-state index in [1.807, 2.05) is 6.92 Å². The molecule has 0 aromatic rings. The van der Waals surface area contributed by atoms with Gasteiger partial charge in [0.1, 0.15) is 0 Å². The van der Waals surface area contributed by atoms with Gasteiger partial charge < -0.3 is 16.3 Å². The van der Waals surface area contributed by atoms with E-state index in [1.54, 1.807) is 6.92 Å². The van der Waals surface area contributed by atoms with Gasteiger partial charge in [0.25, 0.3) is 0 Å². The minimum Gasteiger partial charge on any atom is -0.409 e. The molecule has 5 heteroatoms. The van der Waals surface area contributed by atoms with Crippen molar-refractivity contribution in [3.8, 4) is 0 Å². The minimum absolute atomic E-state index is 0.0200. The van der Waals surface area contributed by atoms with E-state index in [4.69, 9.17) is 10.9 Å². The highest BCUT2D eigenvalue weighted by Gasteiger charge is 2.32. The first-order chi connectivity index (χ1) is 7.01. The Hall–Kier alpha value is -1.26. The van der Waals surface area contributed by atoms with E-state index in [2.05, 4.69) is 10.5 Å². The van der Waals surface area contributed by atoms with Gasteiger partial charge in [0.2, 0.25) is 5.91 Å². The Morgan fingerprint density at radius 2 is 2.27 bits per heavy atom. The quantitative estimate of drug-likeness (QED) is 0.273. The highest BCUT2D eigenvalue weighted by molar-refractivity contribution is 5.93. The van der Waals surface area contributed by atoms with Crippen LogP contribution in [0.2, 0.25) is 0 Å². The summed E-state index contributed by atoms with van der Waals surface area (Å²) in [7, 11) is 0. The third-order valence-corrected chi connectivity index (χ3v) is 2.97. The zero-order valence-electron chi connectivity index (χ0n) is 9.29. The average Bonchev–Trinajstić information content (AvgIpc) is 2.99. The number of hydrogen-bond donors (Lipinski definition) is 3. The molecule has 0 heterocycles. The molecule has 86 valence electrons. The Morgan fingerprint density at radius 3 is 2.67 bits per heavy atom. The number of amides is 1. The first kappa shape index (κ1) is 11.8. The van der Waals surface area contributed by atoms with Crippen LogP contribution in [-0.2, 0) is 4.79 Å². The lowest BCUT2D eigenvalue weighted by Gasteiger charge is -2.28. The van der Waals surface area contributed by atoms with E-state index in [0.717, 1.165) is 12.8 Å². The van der Waals surface area contributed by atoms with E-state index in [-0.39, 0.29) is 11.7 Å². The molecule has 1 amide bonds. The molecule has 15 heavy (non-hydrogen) atoms. The summed E-state index contributed by atoms with van der Waals surface area (Å²) in [6, 6.07) is 0. The predicted octanol–water partition coefficient (Wildman–Crippen LogP) is 0.818. The lowest BCUT2D eigenvalue weighted by atomic mass is 9.97. The lowest BCUT2D eigenvalue weighted by molar-refractivity contribution is -0.122. The Bertz CT molecular complexity index is 274. The molecule has 5 nitrogen and oxygen atoms in total. The second-order valence-electron chi connectivity index (χ2n) is 4.37. The normalized spacial score (nSPS) is 20.8. The Kier molecular flexibility index (Phi) is 3.55. The van der Waals surface area contributed by atoms with Gasteiger partial charge in [-0.15, -0.1) is 0 Å². The summed E-state index contributed by atoms with van der Waals surface area (Å²) < 4.78 is 0. The number of nitrogens with one attached hydrogen (secondary N) is 1. The molecule has 0 aromatic carbocycles. The van der Waals surface area contributed by atoms with Gasteiger partial charge in [-0.2, -0.15) is 0 Å². The highest BCUT2D eigenvalue weighted by atomic mass is 16.4. The Morgan fingerprint density at radius 1 is 1.67 bits per heavy atom. The third-order valence-electron chi connectivity index (χ3n) is 2.97. The molecule has 1 rings (SSSR count). The first-order valence-electron chi connectivity index (χ1n) is 5.31. The standard InChI is InChI=1S/C10H19N3O2/c1-3-10(2,9(11)13-15)12-8(14)6-7-4-5-7/h7,15H,3-6H2,1-2H3,(H2,11,13)(H,12,14). The van der Waals surface area contributed by atoms with Crippen LogP contribution in [0.5, 0.6) is 0 Å². The van der Waals surface area contributed by atoms with Crippen molar-refractivity contribution in [2.24, 2.45) is 16.8 Å². The molecule has 1 fully saturated rings. The maximum absolute atomic E-state index is 11.6. The molecule has 4 N–H and O–H groups in total. The van der Waals surface area contributed by atoms with Crippen LogP contribution in [0, 0.1) is 5.92 Å². The monoisotopic (exact) mass is 213 g/mol. The zero-order valence-corrected chi connectivity index (χ0v) is 9.29. The molecule has 1 unspecified atom stereocenters. The molecular weight excluding hydrogens is 194 g/mol. The van der Waals surface area contributed by atoms with Crippen LogP contribution >= 0.6 is 0 Å². The molecule has 0 bridgehead atoms. The SMILES string of the molecule is CCC(C)(NC(=O)CC1CC1)C(N)=NO. The highest BCUT2D eigenvalue weighted by Crippen LogP contribution is 2.32. The van der Waals surface area contributed by atoms with Crippen LogP contribution in [0.4, 0.5) is 0 Å². The molecular formula is C10H19N3O2. The van der Waals surface area contributed by atoms with Crippen molar-refractivity contribution in [3.63, 3.8) is 0 Å². The summed E-state index contributed by atoms with van der Waals surface area (Å²) in [6.07, 6.45) is 3.42. The van der Waals surface area contributed by atoms with Crippen molar-refractivity contribution in [2.45, 2.75) is 45.1 Å². The molecule has 1 aliphatic carbocycles. The second-order valence-corrected chi connectivity index (χ2v) is 4.37. The van der Waals surface area contributed by atoms with E-state index in [0.29, 0.717) is 18.8 Å². The summed E-state index contributed by atoms with van der Waals surface area (Å²) in [5, 5.41) is 14.4. The summed E-state index contributed by atoms with van der Waals surface area (Å²) in [4.78, 5) is 11.6. The number of rotatable bonds is 5. The van der Waals surface area contributed by atoms with Crippen molar-refractivity contribution in [2.75, 3.05) is 0 Å².